The summed E-state index contributed by atoms with van der Waals surface area (Å²) in [5.74, 6) is 0.0834. The lowest BCUT2D eigenvalue weighted by Crippen LogP contribution is -2.08. The van der Waals surface area contributed by atoms with Gasteiger partial charge in [-0.2, -0.15) is 0 Å². The van der Waals surface area contributed by atoms with Crippen molar-refractivity contribution in [2.45, 2.75) is 19.4 Å². The van der Waals surface area contributed by atoms with Gasteiger partial charge in [-0.3, -0.25) is 4.99 Å². The van der Waals surface area contributed by atoms with E-state index in [1.165, 1.54) is 6.07 Å². The van der Waals surface area contributed by atoms with Crippen molar-refractivity contribution in [3.8, 4) is 5.75 Å². The molecule has 0 bridgehead atoms. The lowest BCUT2D eigenvalue weighted by atomic mass is 10.0. The predicted molar refractivity (Wildman–Crippen MR) is 91.4 cm³/mol. The summed E-state index contributed by atoms with van der Waals surface area (Å²) in [4.78, 5) is 4.52. The molecular formula is C17H17Cl2NO2. The number of nitrogens with zero attached hydrogens (tertiary/aromatic N) is 1. The molecule has 22 heavy (non-hydrogen) atoms. The van der Waals surface area contributed by atoms with Crippen LogP contribution in [0.15, 0.2) is 47.5 Å². The molecule has 0 heterocycles. The van der Waals surface area contributed by atoms with Gasteiger partial charge in [0.2, 0.25) is 0 Å². The normalized spacial score (nSPS) is 13.2. The Balaban J connectivity index is 2.50. The Morgan fingerprint density at radius 1 is 1.14 bits per heavy atom. The molecule has 0 aliphatic carbocycles. The van der Waals surface area contributed by atoms with Crippen LogP contribution in [0.2, 0.25) is 10.0 Å². The fourth-order valence-electron chi connectivity index (χ4n) is 2.03. The molecule has 1 unspecified atom stereocenters. The van der Waals surface area contributed by atoms with Gasteiger partial charge in [0, 0.05) is 27.7 Å². The van der Waals surface area contributed by atoms with Crippen molar-refractivity contribution in [1.82, 2.24) is 0 Å². The van der Waals surface area contributed by atoms with Gasteiger partial charge in [0.05, 0.1) is 11.8 Å². The molecular weight excluding hydrogens is 321 g/mol. The van der Waals surface area contributed by atoms with E-state index < -0.39 is 6.10 Å². The van der Waals surface area contributed by atoms with E-state index in [4.69, 9.17) is 23.2 Å². The van der Waals surface area contributed by atoms with Crippen LogP contribution in [-0.2, 0) is 0 Å². The Bertz CT molecular complexity index is 684. The van der Waals surface area contributed by atoms with Gasteiger partial charge in [-0.05, 0) is 37.6 Å². The summed E-state index contributed by atoms with van der Waals surface area (Å²) in [5.41, 5.74) is 1.80. The highest BCUT2D eigenvalue weighted by molar-refractivity contribution is 6.36. The highest BCUT2D eigenvalue weighted by Gasteiger charge is 2.15. The van der Waals surface area contributed by atoms with E-state index in [9.17, 15) is 10.2 Å². The Kier molecular flexibility index (Phi) is 5.83. The van der Waals surface area contributed by atoms with E-state index in [0.717, 1.165) is 0 Å². The van der Waals surface area contributed by atoms with Gasteiger partial charge in [-0.15, -0.1) is 0 Å². The van der Waals surface area contributed by atoms with Crippen molar-refractivity contribution in [1.29, 1.82) is 0 Å². The molecule has 3 nitrogen and oxygen atoms in total. The third-order valence-corrected chi connectivity index (χ3v) is 3.72. The molecule has 0 aliphatic heterocycles. The van der Waals surface area contributed by atoms with Crippen molar-refractivity contribution in [2.75, 3.05) is 6.54 Å². The van der Waals surface area contributed by atoms with Gasteiger partial charge >= 0.3 is 0 Å². The zero-order valence-corrected chi connectivity index (χ0v) is 13.6. The van der Waals surface area contributed by atoms with Gasteiger partial charge in [-0.25, -0.2) is 0 Å². The van der Waals surface area contributed by atoms with E-state index in [1.54, 1.807) is 25.1 Å². The SMILES string of the molecule is CC(O)CC/N=C(\c1cc(Cl)ccc1O)c1ccccc1Cl. The summed E-state index contributed by atoms with van der Waals surface area (Å²) in [7, 11) is 0. The topological polar surface area (TPSA) is 52.8 Å². The lowest BCUT2D eigenvalue weighted by Gasteiger charge is -2.12. The van der Waals surface area contributed by atoms with E-state index in [-0.39, 0.29) is 5.75 Å². The number of phenols is 1. The molecule has 2 N–H and O–H groups in total. The van der Waals surface area contributed by atoms with Gasteiger partial charge in [0.15, 0.2) is 0 Å². The number of rotatable bonds is 5. The zero-order valence-electron chi connectivity index (χ0n) is 12.1. The van der Waals surface area contributed by atoms with Crippen LogP contribution in [0.1, 0.15) is 24.5 Å². The van der Waals surface area contributed by atoms with Crippen LogP contribution in [0, 0.1) is 0 Å². The molecule has 0 radical (unpaired) electrons. The molecule has 0 amide bonds. The quantitative estimate of drug-likeness (QED) is 0.799. The molecule has 1 atom stereocenters. The highest BCUT2D eigenvalue weighted by atomic mass is 35.5. The number of aliphatic hydroxyl groups excluding tert-OH is 1. The number of hydrogen-bond acceptors (Lipinski definition) is 3. The molecule has 0 saturated carbocycles. The molecule has 2 rings (SSSR count). The first kappa shape index (κ1) is 16.8. The molecule has 5 heteroatoms. The summed E-state index contributed by atoms with van der Waals surface area (Å²) in [6.07, 6.45) is 0.0825. The third-order valence-electron chi connectivity index (χ3n) is 3.16. The Hall–Kier alpha value is -1.55. The van der Waals surface area contributed by atoms with Crippen molar-refractivity contribution >= 4 is 28.9 Å². The summed E-state index contributed by atoms with van der Waals surface area (Å²) >= 11 is 12.3. The average Bonchev–Trinajstić information content (AvgIpc) is 2.47. The molecule has 0 aliphatic rings. The first-order chi connectivity index (χ1) is 10.5. The van der Waals surface area contributed by atoms with Crippen LogP contribution in [0.5, 0.6) is 5.75 Å². The van der Waals surface area contributed by atoms with Crippen molar-refractivity contribution in [3.05, 3.63) is 63.6 Å². The summed E-state index contributed by atoms with van der Waals surface area (Å²) in [6, 6.07) is 12.1. The maximum atomic E-state index is 10.1. The smallest absolute Gasteiger partial charge is 0.125 e. The Labute approximate surface area is 139 Å². The number of benzene rings is 2. The van der Waals surface area contributed by atoms with Crippen LogP contribution in [0.4, 0.5) is 0 Å². The van der Waals surface area contributed by atoms with Gasteiger partial charge in [0.25, 0.3) is 0 Å². The van der Waals surface area contributed by atoms with E-state index in [0.29, 0.717) is 39.8 Å². The second-order valence-corrected chi connectivity index (χ2v) is 5.85. The Morgan fingerprint density at radius 3 is 2.55 bits per heavy atom. The first-order valence-electron chi connectivity index (χ1n) is 6.95. The molecule has 0 aromatic heterocycles. The fraction of sp³-hybridized carbons (Fsp3) is 0.235. The number of hydrogen-bond donors (Lipinski definition) is 2. The number of phenolic OH excluding ortho intramolecular Hbond substituents is 1. The lowest BCUT2D eigenvalue weighted by molar-refractivity contribution is 0.187. The van der Waals surface area contributed by atoms with E-state index in [2.05, 4.69) is 4.99 Å². The monoisotopic (exact) mass is 337 g/mol. The Morgan fingerprint density at radius 2 is 1.86 bits per heavy atom. The van der Waals surface area contributed by atoms with Gasteiger partial charge < -0.3 is 10.2 Å². The molecule has 2 aromatic rings. The van der Waals surface area contributed by atoms with Crippen LogP contribution in [0.3, 0.4) is 0 Å². The molecule has 0 spiro atoms. The van der Waals surface area contributed by atoms with E-state index in [1.807, 2.05) is 18.2 Å². The first-order valence-corrected chi connectivity index (χ1v) is 7.71. The summed E-state index contributed by atoms with van der Waals surface area (Å²) in [6.45, 7) is 2.13. The zero-order chi connectivity index (χ0) is 16.1. The average molecular weight is 338 g/mol. The number of aliphatic imine (C=N–C) groups is 1. The highest BCUT2D eigenvalue weighted by Crippen LogP contribution is 2.27. The van der Waals surface area contributed by atoms with Crippen LogP contribution in [0.25, 0.3) is 0 Å². The minimum absolute atomic E-state index is 0.0834. The second kappa shape index (κ2) is 7.63. The largest absolute Gasteiger partial charge is 0.507 e. The van der Waals surface area contributed by atoms with Crippen LogP contribution >= 0.6 is 23.2 Å². The van der Waals surface area contributed by atoms with Gasteiger partial charge in [0.1, 0.15) is 5.75 Å². The number of aromatic hydroxyl groups is 1. The summed E-state index contributed by atoms with van der Waals surface area (Å²) < 4.78 is 0. The van der Waals surface area contributed by atoms with Gasteiger partial charge in [-0.1, -0.05) is 41.4 Å². The van der Waals surface area contributed by atoms with Crippen molar-refractivity contribution in [3.63, 3.8) is 0 Å². The molecule has 0 saturated heterocycles. The molecule has 2 aromatic carbocycles. The minimum atomic E-state index is -0.441. The van der Waals surface area contributed by atoms with Crippen LogP contribution < -0.4 is 0 Å². The predicted octanol–water partition coefficient (Wildman–Crippen LogP) is 4.31. The van der Waals surface area contributed by atoms with Crippen LogP contribution in [-0.4, -0.2) is 28.6 Å². The summed E-state index contributed by atoms with van der Waals surface area (Å²) in [5, 5.41) is 20.6. The standard InChI is InChI=1S/C17H17Cl2NO2/c1-11(21)8-9-20-17(13-4-2-3-5-15(13)19)14-10-12(18)6-7-16(14)22/h2-7,10-11,21-22H,8-9H2,1H3/b20-17-. The number of halogens is 2. The molecule has 116 valence electrons. The van der Waals surface area contributed by atoms with Crippen molar-refractivity contribution < 1.29 is 10.2 Å². The third kappa shape index (κ3) is 4.23. The number of aliphatic hydroxyl groups is 1. The second-order valence-electron chi connectivity index (χ2n) is 5.01. The van der Waals surface area contributed by atoms with Crippen molar-refractivity contribution in [2.24, 2.45) is 4.99 Å². The molecule has 0 fully saturated rings. The maximum absolute atomic E-state index is 10.1. The maximum Gasteiger partial charge on any atom is 0.125 e. The fourth-order valence-corrected chi connectivity index (χ4v) is 2.43. The van der Waals surface area contributed by atoms with E-state index >= 15 is 0 Å². The minimum Gasteiger partial charge on any atom is -0.507 e.